The lowest BCUT2D eigenvalue weighted by molar-refractivity contribution is 0.729. The number of thioether (sulfide) groups is 1. The highest BCUT2D eigenvalue weighted by Gasteiger charge is 1.92. The van der Waals surface area contributed by atoms with Crippen molar-refractivity contribution in [2.75, 3.05) is 18.6 Å². The molecular weight excluding hydrogens is 180 g/mol. The van der Waals surface area contributed by atoms with Gasteiger partial charge in [-0.15, -0.1) is 0 Å². The SMILES string of the molecule is CSCCNCc1cncc(C)c1. The number of rotatable bonds is 5. The van der Waals surface area contributed by atoms with Crippen LogP contribution in [-0.2, 0) is 6.54 Å². The first-order valence-corrected chi connectivity index (χ1v) is 5.82. The Hall–Kier alpha value is -0.540. The third-order valence-electron chi connectivity index (χ3n) is 1.74. The Morgan fingerprint density at radius 1 is 1.46 bits per heavy atom. The van der Waals surface area contributed by atoms with Crippen LogP contribution in [0.1, 0.15) is 11.1 Å². The van der Waals surface area contributed by atoms with E-state index in [1.807, 2.05) is 24.2 Å². The number of aryl methyl sites for hydroxylation is 1. The van der Waals surface area contributed by atoms with Gasteiger partial charge in [-0.1, -0.05) is 6.07 Å². The molecule has 1 aromatic heterocycles. The lowest BCUT2D eigenvalue weighted by Crippen LogP contribution is -2.16. The summed E-state index contributed by atoms with van der Waals surface area (Å²) in [5.41, 5.74) is 2.49. The summed E-state index contributed by atoms with van der Waals surface area (Å²) in [6.45, 7) is 4.06. The van der Waals surface area contributed by atoms with E-state index in [1.54, 1.807) is 0 Å². The van der Waals surface area contributed by atoms with Gasteiger partial charge < -0.3 is 5.32 Å². The van der Waals surface area contributed by atoms with Gasteiger partial charge in [0, 0.05) is 31.2 Å². The summed E-state index contributed by atoms with van der Waals surface area (Å²) < 4.78 is 0. The van der Waals surface area contributed by atoms with Crippen molar-refractivity contribution in [3.63, 3.8) is 0 Å². The Morgan fingerprint density at radius 2 is 2.31 bits per heavy atom. The average molecular weight is 196 g/mol. The Labute approximate surface area is 84.1 Å². The van der Waals surface area contributed by atoms with E-state index in [0.29, 0.717) is 0 Å². The van der Waals surface area contributed by atoms with Crippen molar-refractivity contribution in [1.82, 2.24) is 10.3 Å². The van der Waals surface area contributed by atoms with E-state index < -0.39 is 0 Å². The Balaban J connectivity index is 2.28. The first-order chi connectivity index (χ1) is 6.33. The second kappa shape index (κ2) is 6.00. The minimum absolute atomic E-state index is 0.926. The van der Waals surface area contributed by atoms with Gasteiger partial charge in [0.2, 0.25) is 0 Å². The third-order valence-corrected chi connectivity index (χ3v) is 2.36. The number of nitrogens with zero attached hydrogens (tertiary/aromatic N) is 1. The third kappa shape index (κ3) is 4.29. The molecule has 1 heterocycles. The topological polar surface area (TPSA) is 24.9 Å². The van der Waals surface area contributed by atoms with E-state index in [2.05, 4.69) is 29.5 Å². The molecule has 0 spiro atoms. The lowest BCUT2D eigenvalue weighted by atomic mass is 10.2. The maximum Gasteiger partial charge on any atom is 0.0313 e. The molecule has 0 aliphatic carbocycles. The van der Waals surface area contributed by atoms with E-state index in [9.17, 15) is 0 Å². The second-order valence-corrected chi connectivity index (χ2v) is 4.03. The van der Waals surface area contributed by atoms with Crippen LogP contribution >= 0.6 is 11.8 Å². The van der Waals surface area contributed by atoms with Crippen LogP contribution in [-0.4, -0.2) is 23.5 Å². The van der Waals surface area contributed by atoms with Gasteiger partial charge in [0.1, 0.15) is 0 Å². The lowest BCUT2D eigenvalue weighted by Gasteiger charge is -2.03. The smallest absolute Gasteiger partial charge is 0.0313 e. The predicted molar refractivity (Wildman–Crippen MR) is 59.1 cm³/mol. The van der Waals surface area contributed by atoms with Gasteiger partial charge in [0.15, 0.2) is 0 Å². The van der Waals surface area contributed by atoms with E-state index >= 15 is 0 Å². The molecule has 0 fully saturated rings. The molecule has 3 heteroatoms. The standard InChI is InChI=1S/C10H16N2S/c1-9-5-10(8-12-6-9)7-11-3-4-13-2/h5-6,8,11H,3-4,7H2,1-2H3. The molecular formula is C10H16N2S. The molecule has 2 nitrogen and oxygen atoms in total. The number of hydrogen-bond acceptors (Lipinski definition) is 3. The first-order valence-electron chi connectivity index (χ1n) is 4.43. The number of nitrogens with one attached hydrogen (secondary N) is 1. The number of hydrogen-bond donors (Lipinski definition) is 1. The van der Waals surface area contributed by atoms with Gasteiger partial charge in [-0.25, -0.2) is 0 Å². The highest BCUT2D eigenvalue weighted by Crippen LogP contribution is 2.00. The zero-order valence-corrected chi connectivity index (χ0v) is 9.03. The molecule has 0 saturated carbocycles. The maximum atomic E-state index is 4.14. The molecule has 0 unspecified atom stereocenters. The fraction of sp³-hybridized carbons (Fsp3) is 0.500. The number of pyridine rings is 1. The van der Waals surface area contributed by atoms with Crippen LogP contribution in [0.2, 0.25) is 0 Å². The van der Waals surface area contributed by atoms with E-state index in [1.165, 1.54) is 16.9 Å². The molecule has 0 aromatic carbocycles. The predicted octanol–water partition coefficient (Wildman–Crippen LogP) is 1.84. The molecule has 0 aliphatic heterocycles. The summed E-state index contributed by atoms with van der Waals surface area (Å²) in [5, 5.41) is 3.37. The van der Waals surface area contributed by atoms with Gasteiger partial charge in [-0.3, -0.25) is 4.98 Å². The van der Waals surface area contributed by atoms with Crippen molar-refractivity contribution in [1.29, 1.82) is 0 Å². The summed E-state index contributed by atoms with van der Waals surface area (Å²) in [5.74, 6) is 1.17. The van der Waals surface area contributed by atoms with Gasteiger partial charge in [-0.2, -0.15) is 11.8 Å². The van der Waals surface area contributed by atoms with Crippen LogP contribution in [0.25, 0.3) is 0 Å². The Bertz CT molecular complexity index is 250. The molecule has 0 amide bonds. The largest absolute Gasteiger partial charge is 0.312 e. The minimum atomic E-state index is 0.926. The van der Waals surface area contributed by atoms with Crippen LogP contribution < -0.4 is 5.32 Å². The van der Waals surface area contributed by atoms with Gasteiger partial charge in [-0.05, 0) is 24.3 Å². The average Bonchev–Trinajstić information content (AvgIpc) is 2.13. The maximum absolute atomic E-state index is 4.14. The van der Waals surface area contributed by atoms with Crippen molar-refractivity contribution in [2.24, 2.45) is 0 Å². The quantitative estimate of drug-likeness (QED) is 0.727. The van der Waals surface area contributed by atoms with Crippen molar-refractivity contribution >= 4 is 11.8 Å². The van der Waals surface area contributed by atoms with Crippen LogP contribution in [0, 0.1) is 6.92 Å². The van der Waals surface area contributed by atoms with Crippen molar-refractivity contribution < 1.29 is 0 Å². The normalized spacial score (nSPS) is 10.3. The molecule has 0 radical (unpaired) electrons. The molecule has 72 valence electrons. The molecule has 1 rings (SSSR count). The molecule has 0 saturated heterocycles. The van der Waals surface area contributed by atoms with Crippen molar-refractivity contribution in [3.8, 4) is 0 Å². The van der Waals surface area contributed by atoms with Crippen molar-refractivity contribution in [2.45, 2.75) is 13.5 Å². The Morgan fingerprint density at radius 3 is 3.00 bits per heavy atom. The summed E-state index contributed by atoms with van der Waals surface area (Å²) in [6, 6.07) is 2.17. The summed E-state index contributed by atoms with van der Waals surface area (Å²) in [7, 11) is 0. The molecule has 1 aromatic rings. The minimum Gasteiger partial charge on any atom is -0.312 e. The highest BCUT2D eigenvalue weighted by molar-refractivity contribution is 7.98. The van der Waals surface area contributed by atoms with Crippen LogP contribution in [0.5, 0.6) is 0 Å². The molecule has 0 bridgehead atoms. The summed E-state index contributed by atoms with van der Waals surface area (Å²) in [6.07, 6.45) is 5.92. The van der Waals surface area contributed by atoms with Crippen molar-refractivity contribution in [3.05, 3.63) is 29.6 Å². The monoisotopic (exact) mass is 196 g/mol. The summed E-state index contributed by atoms with van der Waals surface area (Å²) >= 11 is 1.86. The first kappa shape index (κ1) is 10.5. The summed E-state index contributed by atoms with van der Waals surface area (Å²) in [4.78, 5) is 4.14. The van der Waals surface area contributed by atoms with E-state index in [0.717, 1.165) is 13.1 Å². The number of aromatic nitrogens is 1. The van der Waals surface area contributed by atoms with Crippen LogP contribution in [0.15, 0.2) is 18.5 Å². The molecule has 0 atom stereocenters. The van der Waals surface area contributed by atoms with E-state index in [4.69, 9.17) is 0 Å². The zero-order valence-electron chi connectivity index (χ0n) is 8.21. The van der Waals surface area contributed by atoms with Crippen LogP contribution in [0.3, 0.4) is 0 Å². The zero-order chi connectivity index (χ0) is 9.52. The fourth-order valence-electron chi connectivity index (χ4n) is 1.12. The van der Waals surface area contributed by atoms with Gasteiger partial charge in [0.25, 0.3) is 0 Å². The van der Waals surface area contributed by atoms with E-state index in [-0.39, 0.29) is 0 Å². The molecule has 0 aliphatic rings. The molecule has 1 N–H and O–H groups in total. The molecule has 13 heavy (non-hydrogen) atoms. The fourth-order valence-corrected chi connectivity index (χ4v) is 1.47. The second-order valence-electron chi connectivity index (χ2n) is 3.04. The highest BCUT2D eigenvalue weighted by atomic mass is 32.2. The Kier molecular flexibility index (Phi) is 4.86. The van der Waals surface area contributed by atoms with Gasteiger partial charge in [0.05, 0.1) is 0 Å². The van der Waals surface area contributed by atoms with Crippen LogP contribution in [0.4, 0.5) is 0 Å². The van der Waals surface area contributed by atoms with Gasteiger partial charge >= 0.3 is 0 Å².